The van der Waals surface area contributed by atoms with Crippen molar-refractivity contribution in [3.05, 3.63) is 78.9 Å². The molecular weight excluding hydrogens is 365 g/mol. The first-order valence-corrected chi connectivity index (χ1v) is 9.12. The van der Waals surface area contributed by atoms with Crippen molar-refractivity contribution in [2.24, 2.45) is 11.8 Å². The van der Waals surface area contributed by atoms with Crippen LogP contribution in [-0.4, -0.2) is 12.2 Å². The van der Waals surface area contributed by atoms with Crippen LogP contribution in [-0.2, 0) is 11.2 Å². The molecule has 2 nitrogen and oxygen atoms in total. The highest BCUT2D eigenvalue weighted by Gasteiger charge is 2.15. The van der Waals surface area contributed by atoms with Gasteiger partial charge in [-0.15, -0.1) is 13.2 Å². The van der Waals surface area contributed by atoms with Gasteiger partial charge in [-0.05, 0) is 54.4 Å². The summed E-state index contributed by atoms with van der Waals surface area (Å²) in [4.78, 5) is 0. The van der Waals surface area contributed by atoms with Gasteiger partial charge in [0.25, 0.3) is 0 Å². The largest absolute Gasteiger partial charge is 0.505 e. The van der Waals surface area contributed by atoms with Gasteiger partial charge in [-0.2, -0.15) is 4.39 Å². The Morgan fingerprint density at radius 3 is 2.29 bits per heavy atom. The van der Waals surface area contributed by atoms with Gasteiger partial charge in [0.2, 0.25) is 5.82 Å². The number of aryl methyl sites for hydroxylation is 1. The predicted molar refractivity (Wildman–Crippen MR) is 110 cm³/mol. The van der Waals surface area contributed by atoms with E-state index in [4.69, 9.17) is 9.84 Å². The SMILES string of the molecule is C=C.C=C(OC)/C(F)=C\C(=C)C(C)CCC(C)CCc1ccc(O)c(F)c1F. The van der Waals surface area contributed by atoms with Gasteiger partial charge in [0, 0.05) is 0 Å². The van der Waals surface area contributed by atoms with Crippen LogP contribution in [0.3, 0.4) is 0 Å². The lowest BCUT2D eigenvalue weighted by Crippen LogP contribution is -2.04. The van der Waals surface area contributed by atoms with E-state index in [9.17, 15) is 13.2 Å². The first-order valence-electron chi connectivity index (χ1n) is 9.12. The Kier molecular flexibility index (Phi) is 11.8. The third kappa shape index (κ3) is 8.07. The number of hydrogen-bond donors (Lipinski definition) is 1. The second kappa shape index (κ2) is 12.9. The first kappa shape index (κ1) is 25.6. The minimum absolute atomic E-state index is 0.0325. The molecule has 0 heterocycles. The van der Waals surface area contributed by atoms with Crippen LogP contribution in [0.25, 0.3) is 0 Å². The zero-order chi connectivity index (χ0) is 21.9. The molecule has 1 aromatic rings. The highest BCUT2D eigenvalue weighted by atomic mass is 19.2. The molecular formula is C23H31F3O2. The second-order valence-corrected chi connectivity index (χ2v) is 6.69. The van der Waals surface area contributed by atoms with Crippen LogP contribution in [0, 0.1) is 23.5 Å². The molecule has 0 fully saturated rings. The number of methoxy groups -OCH3 is 1. The lowest BCUT2D eigenvalue weighted by molar-refractivity contribution is 0.285. The van der Waals surface area contributed by atoms with Crippen molar-refractivity contribution >= 4 is 0 Å². The molecule has 2 atom stereocenters. The number of aromatic hydroxyl groups is 1. The van der Waals surface area contributed by atoms with E-state index >= 15 is 0 Å². The maximum absolute atomic E-state index is 13.7. The summed E-state index contributed by atoms with van der Waals surface area (Å²) in [5, 5.41) is 9.14. The summed E-state index contributed by atoms with van der Waals surface area (Å²) in [7, 11) is 1.35. The first-order chi connectivity index (χ1) is 13.2. The molecule has 2 unspecified atom stereocenters. The fraction of sp³-hybridized carbons (Fsp3) is 0.391. The zero-order valence-corrected chi connectivity index (χ0v) is 17.0. The predicted octanol–water partition coefficient (Wildman–Crippen LogP) is 7.03. The monoisotopic (exact) mass is 396 g/mol. The van der Waals surface area contributed by atoms with Crippen LogP contribution in [0.4, 0.5) is 13.2 Å². The van der Waals surface area contributed by atoms with Crippen LogP contribution >= 0.6 is 0 Å². The molecule has 0 aliphatic heterocycles. The number of phenolic OH excluding ortho intramolecular Hbond substituents is 1. The molecule has 0 saturated heterocycles. The number of halogens is 3. The van der Waals surface area contributed by atoms with Crippen LogP contribution in [0.2, 0.25) is 0 Å². The van der Waals surface area contributed by atoms with Crippen molar-refractivity contribution in [1.82, 2.24) is 0 Å². The van der Waals surface area contributed by atoms with Crippen molar-refractivity contribution in [3.63, 3.8) is 0 Å². The molecule has 1 aromatic carbocycles. The van der Waals surface area contributed by atoms with Gasteiger partial charge in [-0.3, -0.25) is 0 Å². The Balaban J connectivity index is 0.00000352. The number of allylic oxidation sites excluding steroid dienone is 3. The molecule has 156 valence electrons. The van der Waals surface area contributed by atoms with Crippen molar-refractivity contribution in [1.29, 1.82) is 0 Å². The van der Waals surface area contributed by atoms with E-state index in [0.29, 0.717) is 18.4 Å². The summed E-state index contributed by atoms with van der Waals surface area (Å²) in [5.41, 5.74) is 0.909. The van der Waals surface area contributed by atoms with E-state index in [1.54, 1.807) is 0 Å². The molecule has 0 amide bonds. The standard InChI is InChI=1S/C21H27F3O2.C2H4/c1-13(7-9-17-10-11-19(25)21(24)20(17)23)6-8-14(2)15(3)12-18(22)16(4)26-5;1-2/h10-14,25H,3-4,6-9H2,1-2,5H3;1-2H2/b18-12+;. The van der Waals surface area contributed by atoms with Crippen LogP contribution in [0.5, 0.6) is 5.75 Å². The van der Waals surface area contributed by atoms with Crippen molar-refractivity contribution in [3.8, 4) is 5.75 Å². The van der Waals surface area contributed by atoms with Crippen molar-refractivity contribution in [2.75, 3.05) is 7.11 Å². The topological polar surface area (TPSA) is 29.5 Å². The van der Waals surface area contributed by atoms with Gasteiger partial charge in [0.15, 0.2) is 17.4 Å². The third-order valence-electron chi connectivity index (χ3n) is 4.60. The van der Waals surface area contributed by atoms with Gasteiger partial charge < -0.3 is 9.84 Å². The average molecular weight is 396 g/mol. The summed E-state index contributed by atoms with van der Waals surface area (Å²) < 4.78 is 45.5. The van der Waals surface area contributed by atoms with E-state index in [1.807, 2.05) is 13.8 Å². The second-order valence-electron chi connectivity index (χ2n) is 6.69. The summed E-state index contributed by atoms with van der Waals surface area (Å²) in [6.07, 6.45) is 4.06. The fourth-order valence-electron chi connectivity index (χ4n) is 2.52. The Bertz CT molecular complexity index is 695. The molecule has 28 heavy (non-hydrogen) atoms. The Hall–Kier alpha value is -2.43. The van der Waals surface area contributed by atoms with E-state index in [0.717, 1.165) is 12.8 Å². The van der Waals surface area contributed by atoms with E-state index in [2.05, 4.69) is 26.3 Å². The van der Waals surface area contributed by atoms with E-state index in [1.165, 1.54) is 25.3 Å². The Labute approximate surface area is 166 Å². The van der Waals surface area contributed by atoms with Crippen LogP contribution in [0.15, 0.2) is 61.7 Å². The highest BCUT2D eigenvalue weighted by molar-refractivity contribution is 5.30. The van der Waals surface area contributed by atoms with Gasteiger partial charge in [0.05, 0.1) is 7.11 Å². The molecule has 0 radical (unpaired) electrons. The van der Waals surface area contributed by atoms with Gasteiger partial charge in [-0.1, -0.05) is 39.5 Å². The molecule has 0 saturated carbocycles. The van der Waals surface area contributed by atoms with Gasteiger partial charge in [0.1, 0.15) is 5.76 Å². The fourth-order valence-corrected chi connectivity index (χ4v) is 2.52. The highest BCUT2D eigenvalue weighted by Crippen LogP contribution is 2.26. The summed E-state index contributed by atoms with van der Waals surface area (Å²) >= 11 is 0. The lowest BCUT2D eigenvalue weighted by Gasteiger charge is -2.16. The van der Waals surface area contributed by atoms with E-state index in [-0.39, 0.29) is 23.2 Å². The number of ether oxygens (including phenoxy) is 1. The maximum atomic E-state index is 13.7. The molecule has 0 aliphatic carbocycles. The number of rotatable bonds is 10. The Morgan fingerprint density at radius 2 is 1.71 bits per heavy atom. The molecule has 1 rings (SSSR count). The number of benzene rings is 1. The summed E-state index contributed by atoms with van der Waals surface area (Å²) in [5.74, 6) is -3.08. The zero-order valence-electron chi connectivity index (χ0n) is 17.0. The minimum Gasteiger partial charge on any atom is -0.505 e. The van der Waals surface area contributed by atoms with Crippen molar-refractivity contribution < 1.29 is 23.0 Å². The van der Waals surface area contributed by atoms with E-state index < -0.39 is 23.2 Å². The normalized spacial score (nSPS) is 13.1. The smallest absolute Gasteiger partial charge is 0.200 e. The van der Waals surface area contributed by atoms with Gasteiger partial charge >= 0.3 is 0 Å². The molecule has 0 aliphatic rings. The lowest BCUT2D eigenvalue weighted by atomic mass is 9.90. The molecule has 5 heteroatoms. The quantitative estimate of drug-likeness (QED) is 0.261. The van der Waals surface area contributed by atoms with Crippen LogP contribution < -0.4 is 0 Å². The minimum atomic E-state index is -1.20. The Morgan fingerprint density at radius 1 is 1.11 bits per heavy atom. The maximum Gasteiger partial charge on any atom is 0.200 e. The molecule has 0 bridgehead atoms. The third-order valence-corrected chi connectivity index (χ3v) is 4.60. The van der Waals surface area contributed by atoms with Crippen molar-refractivity contribution in [2.45, 2.75) is 39.5 Å². The summed E-state index contributed by atoms with van der Waals surface area (Å²) in [6.45, 7) is 17.3. The van der Waals surface area contributed by atoms with Crippen LogP contribution in [0.1, 0.15) is 38.7 Å². The summed E-state index contributed by atoms with van der Waals surface area (Å²) in [6, 6.07) is 2.57. The number of phenols is 1. The molecule has 1 N–H and O–H groups in total. The molecule has 0 aromatic heterocycles. The average Bonchev–Trinajstić information content (AvgIpc) is 2.70. The van der Waals surface area contributed by atoms with Gasteiger partial charge in [-0.25, -0.2) is 8.78 Å². The molecule has 0 spiro atoms. The number of hydrogen-bond acceptors (Lipinski definition) is 2.